The zero-order valence-corrected chi connectivity index (χ0v) is 14.5. The van der Waals surface area contributed by atoms with Crippen molar-refractivity contribution in [2.45, 2.75) is 6.92 Å². The molecule has 9 heteroatoms. The molecule has 4 rings (SSSR count). The molecule has 1 aliphatic rings. The van der Waals surface area contributed by atoms with Gasteiger partial charge in [-0.25, -0.2) is 0 Å². The van der Waals surface area contributed by atoms with E-state index in [0.29, 0.717) is 22.9 Å². The number of nitrogens with one attached hydrogen (secondary N) is 2. The molecule has 9 nitrogen and oxygen atoms in total. The van der Waals surface area contributed by atoms with Gasteiger partial charge in [-0.1, -0.05) is 6.07 Å². The van der Waals surface area contributed by atoms with Crippen LogP contribution in [-0.4, -0.2) is 16.7 Å². The predicted octanol–water partition coefficient (Wildman–Crippen LogP) is 4.11. The highest BCUT2D eigenvalue weighted by molar-refractivity contribution is 6.09. The van der Waals surface area contributed by atoms with Gasteiger partial charge in [0.25, 0.3) is 11.8 Å². The number of fused-ring (bicyclic) bond motifs is 2. The summed E-state index contributed by atoms with van der Waals surface area (Å²) in [6.07, 6.45) is 0. The summed E-state index contributed by atoms with van der Waals surface area (Å²) in [5, 5.41) is 16.0. The minimum atomic E-state index is -0.736. The van der Waals surface area contributed by atoms with Crippen LogP contribution in [0.1, 0.15) is 26.5 Å². The van der Waals surface area contributed by atoms with E-state index >= 15 is 0 Å². The predicted molar refractivity (Wildman–Crippen MR) is 99.0 cm³/mol. The van der Waals surface area contributed by atoms with E-state index in [1.807, 2.05) is 13.0 Å². The van der Waals surface area contributed by atoms with Crippen molar-refractivity contribution in [1.29, 1.82) is 0 Å². The van der Waals surface area contributed by atoms with Gasteiger partial charge in [0.05, 0.1) is 17.3 Å². The number of amides is 2. The van der Waals surface area contributed by atoms with Crippen molar-refractivity contribution in [2.24, 2.45) is 0 Å². The summed E-state index contributed by atoms with van der Waals surface area (Å²) in [6, 6.07) is 12.3. The quantitative estimate of drug-likeness (QED) is 0.521. The molecule has 0 saturated heterocycles. The van der Waals surface area contributed by atoms with Crippen LogP contribution in [-0.2, 0) is 0 Å². The lowest BCUT2D eigenvalue weighted by Gasteiger charge is -2.09. The van der Waals surface area contributed by atoms with Crippen molar-refractivity contribution in [1.82, 2.24) is 0 Å². The highest BCUT2D eigenvalue weighted by Gasteiger charge is 2.22. The summed E-state index contributed by atoms with van der Waals surface area (Å²) in [6.45, 7) is 1.90. The molecule has 1 aromatic heterocycles. The Morgan fingerprint density at radius 2 is 1.89 bits per heavy atom. The van der Waals surface area contributed by atoms with Crippen LogP contribution in [0.3, 0.4) is 0 Å². The largest absolute Gasteiger partial charge is 0.454 e. The van der Waals surface area contributed by atoms with Crippen molar-refractivity contribution in [3.05, 3.63) is 75.5 Å². The van der Waals surface area contributed by atoms with E-state index in [-0.39, 0.29) is 17.2 Å². The average Bonchev–Trinajstić information content (AvgIpc) is 3.11. The number of nitrogens with zero attached hydrogens (tertiary/aromatic N) is 1. The van der Waals surface area contributed by atoms with Crippen LogP contribution < -0.4 is 15.4 Å². The molecule has 0 radical (unpaired) electrons. The molecule has 1 aliphatic heterocycles. The van der Waals surface area contributed by atoms with Gasteiger partial charge >= 0.3 is 5.88 Å². The molecule has 0 aliphatic carbocycles. The Kier molecular flexibility index (Phi) is 4.04. The monoisotopic (exact) mass is 379 g/mol. The van der Waals surface area contributed by atoms with Crippen LogP contribution in [0.2, 0.25) is 0 Å². The van der Waals surface area contributed by atoms with E-state index in [9.17, 15) is 19.7 Å². The molecule has 2 aromatic carbocycles. The first-order chi connectivity index (χ1) is 13.4. The molecule has 0 unspecified atom stereocenters. The molecular formula is C19H13N3O6. The second kappa shape index (κ2) is 6.54. The number of carbonyl (C=O) groups excluding carboxylic acids is 2. The fourth-order valence-corrected chi connectivity index (χ4v) is 2.75. The zero-order chi connectivity index (χ0) is 19.8. The molecule has 28 heavy (non-hydrogen) atoms. The first-order valence-electron chi connectivity index (χ1n) is 8.20. The topological polar surface area (TPSA) is 124 Å². The van der Waals surface area contributed by atoms with Crippen LogP contribution in [0.4, 0.5) is 17.3 Å². The Morgan fingerprint density at radius 1 is 1.11 bits per heavy atom. The number of hydrogen-bond acceptors (Lipinski definition) is 6. The summed E-state index contributed by atoms with van der Waals surface area (Å²) in [4.78, 5) is 34.7. The van der Waals surface area contributed by atoms with Crippen molar-refractivity contribution >= 4 is 29.1 Å². The molecule has 0 saturated carbocycles. The minimum Gasteiger partial charge on any atom is -0.454 e. The molecule has 0 bridgehead atoms. The Morgan fingerprint density at radius 3 is 2.64 bits per heavy atom. The number of ether oxygens (including phenoxy) is 1. The Balaban J connectivity index is 1.60. The molecule has 2 amide bonds. The average molecular weight is 379 g/mol. The third kappa shape index (κ3) is 3.16. The Bertz CT molecular complexity index is 1130. The van der Waals surface area contributed by atoms with Gasteiger partial charge in [-0.05, 0) is 48.9 Å². The maximum absolute atomic E-state index is 12.6. The first-order valence-corrected chi connectivity index (χ1v) is 8.20. The van der Waals surface area contributed by atoms with E-state index in [0.717, 1.165) is 11.6 Å². The summed E-state index contributed by atoms with van der Waals surface area (Å²) >= 11 is 0. The second-order valence-corrected chi connectivity index (χ2v) is 6.12. The zero-order valence-electron chi connectivity index (χ0n) is 14.5. The lowest BCUT2D eigenvalue weighted by atomic mass is 10.1. The SMILES string of the molecule is Cc1ccc2c(c1)NC(=O)c1cc(NC(=O)c3ccc([N+](=O)[O-])o3)ccc1O2. The van der Waals surface area contributed by atoms with E-state index in [4.69, 9.17) is 9.15 Å². The van der Waals surface area contributed by atoms with Gasteiger partial charge in [0, 0.05) is 5.69 Å². The lowest BCUT2D eigenvalue weighted by molar-refractivity contribution is -0.402. The Hall–Kier alpha value is -4.14. The number of carbonyl (C=O) groups is 2. The highest BCUT2D eigenvalue weighted by atomic mass is 16.6. The van der Waals surface area contributed by atoms with Gasteiger partial charge in [0.1, 0.15) is 10.7 Å². The fourth-order valence-electron chi connectivity index (χ4n) is 2.75. The van der Waals surface area contributed by atoms with Crippen molar-refractivity contribution in [2.75, 3.05) is 10.6 Å². The first kappa shape index (κ1) is 17.3. The third-order valence-corrected chi connectivity index (χ3v) is 4.08. The van der Waals surface area contributed by atoms with Gasteiger partial charge in [-0.2, -0.15) is 0 Å². The van der Waals surface area contributed by atoms with Crippen LogP contribution in [0, 0.1) is 17.0 Å². The lowest BCUT2D eigenvalue weighted by Crippen LogP contribution is -2.13. The number of anilines is 2. The second-order valence-electron chi connectivity index (χ2n) is 6.12. The molecule has 3 aromatic rings. The smallest absolute Gasteiger partial charge is 0.433 e. The molecular weight excluding hydrogens is 366 g/mol. The van der Waals surface area contributed by atoms with E-state index in [1.165, 1.54) is 12.1 Å². The van der Waals surface area contributed by atoms with Crippen LogP contribution in [0.25, 0.3) is 0 Å². The Labute approximate surface area is 158 Å². The van der Waals surface area contributed by atoms with Crippen LogP contribution >= 0.6 is 0 Å². The minimum absolute atomic E-state index is 0.217. The van der Waals surface area contributed by atoms with Crippen molar-refractivity contribution in [3.63, 3.8) is 0 Å². The summed E-state index contributed by atoms with van der Waals surface area (Å²) in [7, 11) is 0. The number of nitro groups is 1. The van der Waals surface area contributed by atoms with Gasteiger partial charge in [-0.3, -0.25) is 19.7 Å². The number of furan rings is 1. The highest BCUT2D eigenvalue weighted by Crippen LogP contribution is 2.37. The molecule has 0 fully saturated rings. The summed E-state index contributed by atoms with van der Waals surface area (Å²) < 4.78 is 10.7. The number of rotatable bonds is 3. The van der Waals surface area contributed by atoms with Crippen LogP contribution in [0.15, 0.2) is 52.9 Å². The van der Waals surface area contributed by atoms with E-state index < -0.39 is 16.7 Å². The number of benzene rings is 2. The maximum Gasteiger partial charge on any atom is 0.433 e. The van der Waals surface area contributed by atoms with Crippen molar-refractivity contribution in [3.8, 4) is 11.5 Å². The summed E-state index contributed by atoms with van der Waals surface area (Å²) in [5.41, 5.74) is 2.06. The molecule has 2 heterocycles. The molecule has 140 valence electrons. The van der Waals surface area contributed by atoms with Crippen LogP contribution in [0.5, 0.6) is 11.5 Å². The third-order valence-electron chi connectivity index (χ3n) is 4.08. The van der Waals surface area contributed by atoms with E-state index in [1.54, 1.807) is 24.3 Å². The maximum atomic E-state index is 12.6. The van der Waals surface area contributed by atoms with E-state index in [2.05, 4.69) is 10.6 Å². The van der Waals surface area contributed by atoms with Gasteiger partial charge in [-0.15, -0.1) is 0 Å². The normalized spacial score (nSPS) is 12.1. The molecule has 0 spiro atoms. The number of aryl methyl sites for hydroxylation is 1. The van der Waals surface area contributed by atoms with Crippen molar-refractivity contribution < 1.29 is 23.7 Å². The fraction of sp³-hybridized carbons (Fsp3) is 0.0526. The molecule has 2 N–H and O–H groups in total. The summed E-state index contributed by atoms with van der Waals surface area (Å²) in [5.74, 6) is -0.965. The number of hydrogen-bond donors (Lipinski definition) is 2. The van der Waals surface area contributed by atoms with Gasteiger partial charge in [0.15, 0.2) is 11.5 Å². The standard InChI is InChI=1S/C19H13N3O6/c1-10-2-4-15-13(8-10)21-18(23)12-9-11(3-5-14(12)27-15)20-19(24)16-6-7-17(28-16)22(25)26/h2-9H,1H3,(H,20,24)(H,21,23). The molecule has 0 atom stereocenters. The van der Waals surface area contributed by atoms with Gasteiger partial charge < -0.3 is 19.8 Å². The van der Waals surface area contributed by atoms with Gasteiger partial charge in [0.2, 0.25) is 0 Å².